The van der Waals surface area contributed by atoms with Gasteiger partial charge in [0.25, 0.3) is 5.69 Å². The Balaban J connectivity index is 1.90. The van der Waals surface area contributed by atoms with Gasteiger partial charge in [0.05, 0.1) is 28.7 Å². The number of nitro groups is 1. The highest BCUT2D eigenvalue weighted by Crippen LogP contribution is 2.38. The average Bonchev–Trinajstić information content (AvgIpc) is 2.77. The Labute approximate surface area is 189 Å². The van der Waals surface area contributed by atoms with Crippen molar-refractivity contribution in [2.45, 2.75) is 6.61 Å². The fraction of sp³-hybridized carbons (Fsp3) is 0.0870. The first-order valence-corrected chi connectivity index (χ1v) is 9.78. The van der Waals surface area contributed by atoms with Gasteiger partial charge >= 0.3 is 0 Å². The van der Waals surface area contributed by atoms with Crippen LogP contribution in [0.4, 0.5) is 5.69 Å². The maximum absolute atomic E-state index is 11.0. The van der Waals surface area contributed by atoms with Crippen LogP contribution in [0.1, 0.15) is 16.7 Å². The third kappa shape index (κ3) is 5.54. The highest BCUT2D eigenvalue weighted by atomic mass is 35.5. The van der Waals surface area contributed by atoms with Gasteiger partial charge in [-0.1, -0.05) is 47.5 Å². The van der Waals surface area contributed by atoms with Crippen LogP contribution < -0.4 is 9.47 Å². The van der Waals surface area contributed by atoms with Gasteiger partial charge in [0.1, 0.15) is 6.61 Å². The predicted octanol–water partition coefficient (Wildman–Crippen LogP) is 6.55. The lowest BCUT2D eigenvalue weighted by atomic mass is 10.0. The van der Waals surface area contributed by atoms with Gasteiger partial charge in [0.2, 0.25) is 0 Å². The second-order valence-corrected chi connectivity index (χ2v) is 7.27. The van der Waals surface area contributed by atoms with Crippen LogP contribution >= 0.6 is 23.2 Å². The van der Waals surface area contributed by atoms with Crippen LogP contribution in [-0.2, 0) is 6.61 Å². The van der Waals surface area contributed by atoms with E-state index in [1.54, 1.807) is 36.4 Å². The molecule has 0 aromatic heterocycles. The average molecular weight is 455 g/mol. The van der Waals surface area contributed by atoms with Gasteiger partial charge in [-0.15, -0.1) is 0 Å². The standard InChI is InChI=1S/C23H16Cl2N2O4/c1-30-22-11-16(9-18(13-26)17-3-2-4-20(12-17)27(28)29)10-21(25)23(22)31-14-15-5-7-19(24)8-6-15/h2-12H,14H2,1H3. The molecule has 0 spiro atoms. The molecule has 0 radical (unpaired) electrons. The molecule has 8 heteroatoms. The molecule has 6 nitrogen and oxygen atoms in total. The number of rotatable bonds is 7. The molecular formula is C23H16Cl2N2O4. The van der Waals surface area contributed by atoms with Crippen LogP contribution in [-0.4, -0.2) is 12.0 Å². The molecule has 0 saturated carbocycles. The summed E-state index contributed by atoms with van der Waals surface area (Å²) in [5, 5.41) is 21.5. The van der Waals surface area contributed by atoms with Crippen molar-refractivity contribution in [3.8, 4) is 17.6 Å². The SMILES string of the molecule is COc1cc(C=C(C#N)c2cccc([N+](=O)[O-])c2)cc(Cl)c1OCc1ccc(Cl)cc1. The third-order valence-corrected chi connectivity index (χ3v) is 4.88. The summed E-state index contributed by atoms with van der Waals surface area (Å²) in [6.45, 7) is 0.263. The molecule has 0 amide bonds. The van der Waals surface area contributed by atoms with Crippen molar-refractivity contribution in [1.82, 2.24) is 0 Å². The Kier molecular flexibility index (Phi) is 7.14. The zero-order valence-electron chi connectivity index (χ0n) is 16.3. The van der Waals surface area contributed by atoms with Gasteiger partial charge in [0, 0.05) is 17.2 Å². The molecule has 31 heavy (non-hydrogen) atoms. The van der Waals surface area contributed by atoms with E-state index < -0.39 is 4.92 Å². The Morgan fingerprint density at radius 2 is 1.90 bits per heavy atom. The molecule has 0 atom stereocenters. The van der Waals surface area contributed by atoms with Crippen molar-refractivity contribution < 1.29 is 14.4 Å². The molecule has 0 aliphatic carbocycles. The van der Waals surface area contributed by atoms with Crippen molar-refractivity contribution in [2.75, 3.05) is 7.11 Å². The smallest absolute Gasteiger partial charge is 0.270 e. The van der Waals surface area contributed by atoms with Crippen molar-refractivity contribution in [3.63, 3.8) is 0 Å². The van der Waals surface area contributed by atoms with E-state index in [0.717, 1.165) is 5.56 Å². The number of ether oxygens (including phenoxy) is 2. The molecule has 3 aromatic carbocycles. The van der Waals surface area contributed by atoms with E-state index in [1.165, 1.54) is 25.3 Å². The van der Waals surface area contributed by atoms with Crippen LogP contribution in [0.2, 0.25) is 10.0 Å². The highest BCUT2D eigenvalue weighted by Gasteiger charge is 2.14. The van der Waals surface area contributed by atoms with Gasteiger partial charge in [-0.25, -0.2) is 0 Å². The number of methoxy groups -OCH3 is 1. The van der Waals surface area contributed by atoms with Crippen LogP contribution in [0.15, 0.2) is 60.7 Å². The second-order valence-electron chi connectivity index (χ2n) is 6.43. The minimum Gasteiger partial charge on any atom is -0.493 e. The minimum absolute atomic E-state index is 0.0970. The van der Waals surface area contributed by atoms with E-state index in [-0.39, 0.29) is 17.9 Å². The van der Waals surface area contributed by atoms with Crippen LogP contribution in [0.3, 0.4) is 0 Å². The summed E-state index contributed by atoms with van der Waals surface area (Å²) in [5.74, 6) is 0.758. The summed E-state index contributed by atoms with van der Waals surface area (Å²) in [4.78, 5) is 10.5. The number of benzene rings is 3. The first kappa shape index (κ1) is 22.2. The quantitative estimate of drug-likeness (QED) is 0.174. The summed E-state index contributed by atoms with van der Waals surface area (Å²) in [6.07, 6.45) is 1.58. The monoisotopic (exact) mass is 454 g/mol. The molecule has 0 fully saturated rings. The van der Waals surface area contributed by atoms with E-state index in [2.05, 4.69) is 6.07 Å². The maximum atomic E-state index is 11.0. The zero-order chi connectivity index (χ0) is 22.4. The lowest BCUT2D eigenvalue weighted by Gasteiger charge is -2.14. The third-order valence-electron chi connectivity index (χ3n) is 4.35. The number of hydrogen-bond donors (Lipinski definition) is 0. The topological polar surface area (TPSA) is 85.4 Å². The first-order valence-electron chi connectivity index (χ1n) is 9.02. The van der Waals surface area contributed by atoms with E-state index in [0.29, 0.717) is 32.7 Å². The number of allylic oxidation sites excluding steroid dienone is 1. The highest BCUT2D eigenvalue weighted by molar-refractivity contribution is 6.32. The second kappa shape index (κ2) is 9.98. The number of nitriles is 1. The fourth-order valence-electron chi connectivity index (χ4n) is 2.83. The minimum atomic E-state index is -0.509. The first-order chi connectivity index (χ1) is 14.9. The molecule has 0 saturated heterocycles. The Hall–Kier alpha value is -3.53. The Bertz CT molecular complexity index is 1190. The summed E-state index contributed by atoms with van der Waals surface area (Å²) in [7, 11) is 1.49. The lowest BCUT2D eigenvalue weighted by molar-refractivity contribution is -0.384. The van der Waals surface area contributed by atoms with Crippen molar-refractivity contribution in [1.29, 1.82) is 5.26 Å². The molecule has 0 aliphatic heterocycles. The molecule has 0 unspecified atom stereocenters. The summed E-state index contributed by atoms with van der Waals surface area (Å²) in [5.41, 5.74) is 2.07. The number of nitro benzene ring substituents is 1. The molecule has 156 valence electrons. The normalized spacial score (nSPS) is 11.0. The van der Waals surface area contributed by atoms with E-state index in [1.807, 2.05) is 12.1 Å². The Morgan fingerprint density at radius 1 is 1.16 bits per heavy atom. The predicted molar refractivity (Wildman–Crippen MR) is 120 cm³/mol. The fourth-order valence-corrected chi connectivity index (χ4v) is 3.23. The van der Waals surface area contributed by atoms with Crippen molar-refractivity contribution in [2.24, 2.45) is 0 Å². The summed E-state index contributed by atoms with van der Waals surface area (Å²) >= 11 is 12.3. The molecule has 3 aromatic rings. The zero-order valence-corrected chi connectivity index (χ0v) is 17.9. The lowest BCUT2D eigenvalue weighted by Crippen LogP contribution is -1.99. The van der Waals surface area contributed by atoms with E-state index in [9.17, 15) is 15.4 Å². The van der Waals surface area contributed by atoms with Crippen LogP contribution in [0.5, 0.6) is 11.5 Å². The largest absolute Gasteiger partial charge is 0.493 e. The molecule has 0 N–H and O–H groups in total. The van der Waals surface area contributed by atoms with Gasteiger partial charge in [-0.3, -0.25) is 10.1 Å². The molecule has 0 aliphatic rings. The molecular weight excluding hydrogens is 439 g/mol. The van der Waals surface area contributed by atoms with Crippen molar-refractivity contribution in [3.05, 3.63) is 97.5 Å². The summed E-state index contributed by atoms with van der Waals surface area (Å²) in [6, 6.07) is 18.5. The van der Waals surface area contributed by atoms with Crippen molar-refractivity contribution >= 4 is 40.5 Å². The number of non-ortho nitro benzene ring substituents is 1. The van der Waals surface area contributed by atoms with Gasteiger partial charge in [-0.05, 0) is 47.0 Å². The molecule has 0 bridgehead atoms. The van der Waals surface area contributed by atoms with E-state index in [4.69, 9.17) is 32.7 Å². The molecule has 0 heterocycles. The number of halogens is 2. The van der Waals surface area contributed by atoms with Gasteiger partial charge in [0.15, 0.2) is 11.5 Å². The maximum Gasteiger partial charge on any atom is 0.270 e. The Morgan fingerprint density at radius 3 is 2.55 bits per heavy atom. The van der Waals surface area contributed by atoms with Crippen LogP contribution in [0, 0.1) is 21.4 Å². The summed E-state index contributed by atoms with van der Waals surface area (Å²) < 4.78 is 11.3. The van der Waals surface area contributed by atoms with Crippen LogP contribution in [0.25, 0.3) is 11.6 Å². The van der Waals surface area contributed by atoms with Gasteiger partial charge in [-0.2, -0.15) is 5.26 Å². The van der Waals surface area contributed by atoms with Gasteiger partial charge < -0.3 is 9.47 Å². The number of nitrogens with zero attached hydrogens (tertiary/aromatic N) is 2. The molecule has 3 rings (SSSR count). The van der Waals surface area contributed by atoms with E-state index >= 15 is 0 Å². The number of hydrogen-bond acceptors (Lipinski definition) is 5.